The molecule has 3 N–H and O–H groups in total. The Morgan fingerprint density at radius 3 is 2.45 bits per heavy atom. The number of benzene rings is 1. The number of amides is 1. The molecule has 3 atom stereocenters. The molecule has 1 aromatic rings. The molecular weight excluding hydrogens is 259 g/mol. The van der Waals surface area contributed by atoms with Crippen LogP contribution < -0.4 is 10.6 Å². The van der Waals surface area contributed by atoms with Crippen LogP contribution in [0.5, 0.6) is 0 Å². The molecule has 0 saturated heterocycles. The summed E-state index contributed by atoms with van der Waals surface area (Å²) in [6.07, 6.45) is -0.325. The second kappa shape index (κ2) is 7.97. The molecule has 3 unspecified atom stereocenters. The molecule has 1 amide bonds. The second-order valence-electron chi connectivity index (χ2n) is 5.17. The molecule has 0 radical (unpaired) electrons. The van der Waals surface area contributed by atoms with Gasteiger partial charge in [0, 0.05) is 18.5 Å². The second-order valence-corrected chi connectivity index (χ2v) is 5.17. The summed E-state index contributed by atoms with van der Waals surface area (Å²) in [5.41, 5.74) is 0.649. The standard InChI is InChI=1S/C15H23FN2O2/c1-10(9-17-3)15(20)18-11(2)8-14(19)12-4-6-13(16)7-5-12/h4-7,10-11,14,17,19H,8-9H2,1-3H3,(H,18,20). The zero-order valence-electron chi connectivity index (χ0n) is 12.2. The maximum atomic E-state index is 12.8. The maximum absolute atomic E-state index is 12.8. The summed E-state index contributed by atoms with van der Waals surface area (Å²) in [4.78, 5) is 11.8. The molecule has 0 saturated carbocycles. The van der Waals surface area contributed by atoms with Crippen molar-refractivity contribution in [1.29, 1.82) is 0 Å². The Kier molecular flexibility index (Phi) is 6.61. The highest BCUT2D eigenvalue weighted by Gasteiger charge is 2.17. The molecule has 20 heavy (non-hydrogen) atoms. The van der Waals surface area contributed by atoms with E-state index in [1.54, 1.807) is 19.2 Å². The topological polar surface area (TPSA) is 61.4 Å². The van der Waals surface area contributed by atoms with Crippen molar-refractivity contribution in [3.05, 3.63) is 35.6 Å². The zero-order chi connectivity index (χ0) is 15.1. The number of rotatable bonds is 7. The summed E-state index contributed by atoms with van der Waals surface area (Å²) in [6, 6.07) is 5.59. The van der Waals surface area contributed by atoms with Gasteiger partial charge in [-0.05, 0) is 38.1 Å². The van der Waals surface area contributed by atoms with Crippen molar-refractivity contribution < 1.29 is 14.3 Å². The Bertz CT molecular complexity index is 422. The van der Waals surface area contributed by atoms with Crippen LogP contribution in [0.3, 0.4) is 0 Å². The molecule has 0 heterocycles. The van der Waals surface area contributed by atoms with Crippen LogP contribution in [0.25, 0.3) is 0 Å². The van der Waals surface area contributed by atoms with Gasteiger partial charge in [-0.25, -0.2) is 4.39 Å². The smallest absolute Gasteiger partial charge is 0.224 e. The minimum absolute atomic E-state index is 0.0434. The van der Waals surface area contributed by atoms with Crippen molar-refractivity contribution in [1.82, 2.24) is 10.6 Å². The molecule has 0 bridgehead atoms. The lowest BCUT2D eigenvalue weighted by atomic mass is 10.0. The predicted octanol–water partition coefficient (Wildman–Crippen LogP) is 1.61. The van der Waals surface area contributed by atoms with Crippen molar-refractivity contribution >= 4 is 5.91 Å². The van der Waals surface area contributed by atoms with Gasteiger partial charge in [0.25, 0.3) is 0 Å². The number of hydrogen-bond donors (Lipinski definition) is 3. The summed E-state index contributed by atoms with van der Waals surface area (Å²) in [5, 5.41) is 15.9. The van der Waals surface area contributed by atoms with Crippen LogP contribution in [-0.4, -0.2) is 30.6 Å². The van der Waals surface area contributed by atoms with E-state index in [0.29, 0.717) is 18.5 Å². The van der Waals surface area contributed by atoms with E-state index in [4.69, 9.17) is 0 Å². The lowest BCUT2D eigenvalue weighted by Gasteiger charge is -2.20. The number of halogens is 1. The summed E-state index contributed by atoms with van der Waals surface area (Å²) in [6.45, 7) is 4.30. The lowest BCUT2D eigenvalue weighted by Crippen LogP contribution is -2.40. The lowest BCUT2D eigenvalue weighted by molar-refractivity contribution is -0.125. The van der Waals surface area contributed by atoms with Crippen LogP contribution in [0.2, 0.25) is 0 Å². The van der Waals surface area contributed by atoms with Gasteiger partial charge in [-0.2, -0.15) is 0 Å². The molecule has 1 rings (SSSR count). The minimum Gasteiger partial charge on any atom is -0.388 e. The molecule has 0 aliphatic carbocycles. The number of hydrogen-bond acceptors (Lipinski definition) is 3. The minimum atomic E-state index is -0.717. The van der Waals surface area contributed by atoms with Gasteiger partial charge < -0.3 is 15.7 Å². The Morgan fingerprint density at radius 2 is 1.90 bits per heavy atom. The third-order valence-electron chi connectivity index (χ3n) is 3.18. The molecule has 1 aromatic carbocycles. The van der Waals surface area contributed by atoms with Crippen LogP contribution in [0, 0.1) is 11.7 Å². The van der Waals surface area contributed by atoms with Crippen molar-refractivity contribution in [3.8, 4) is 0 Å². The highest BCUT2D eigenvalue weighted by Crippen LogP contribution is 2.18. The molecule has 112 valence electrons. The average Bonchev–Trinajstić information content (AvgIpc) is 2.39. The first-order valence-corrected chi connectivity index (χ1v) is 6.82. The van der Waals surface area contributed by atoms with Crippen LogP contribution in [0.15, 0.2) is 24.3 Å². The van der Waals surface area contributed by atoms with Crippen molar-refractivity contribution in [2.45, 2.75) is 32.4 Å². The Balaban J connectivity index is 2.47. The van der Waals surface area contributed by atoms with Crippen molar-refractivity contribution in [2.75, 3.05) is 13.6 Å². The third kappa shape index (κ3) is 5.27. The van der Waals surface area contributed by atoms with Crippen LogP contribution >= 0.6 is 0 Å². The number of aliphatic hydroxyl groups is 1. The molecule has 0 aliphatic heterocycles. The maximum Gasteiger partial charge on any atom is 0.224 e. The Labute approximate surface area is 119 Å². The van der Waals surface area contributed by atoms with E-state index < -0.39 is 6.10 Å². The molecule has 4 nitrogen and oxygen atoms in total. The first-order valence-electron chi connectivity index (χ1n) is 6.82. The Morgan fingerprint density at radius 1 is 1.30 bits per heavy atom. The van der Waals surface area contributed by atoms with E-state index in [1.807, 2.05) is 13.8 Å². The van der Waals surface area contributed by atoms with Gasteiger partial charge >= 0.3 is 0 Å². The number of carbonyl (C=O) groups excluding carboxylic acids is 1. The molecule has 0 aromatic heterocycles. The van der Waals surface area contributed by atoms with Crippen LogP contribution in [0.1, 0.15) is 31.9 Å². The highest BCUT2D eigenvalue weighted by molar-refractivity contribution is 5.78. The first kappa shape index (κ1) is 16.6. The van der Waals surface area contributed by atoms with Gasteiger partial charge in [0.15, 0.2) is 0 Å². The van der Waals surface area contributed by atoms with Gasteiger partial charge in [-0.15, -0.1) is 0 Å². The SMILES string of the molecule is CNCC(C)C(=O)NC(C)CC(O)c1ccc(F)cc1. The molecule has 5 heteroatoms. The Hall–Kier alpha value is -1.46. The summed E-state index contributed by atoms with van der Waals surface area (Å²) < 4.78 is 12.8. The van der Waals surface area contributed by atoms with Crippen molar-refractivity contribution in [3.63, 3.8) is 0 Å². The van der Waals surface area contributed by atoms with E-state index in [9.17, 15) is 14.3 Å². The van der Waals surface area contributed by atoms with Crippen LogP contribution in [-0.2, 0) is 4.79 Å². The zero-order valence-corrected chi connectivity index (χ0v) is 12.2. The van der Waals surface area contributed by atoms with E-state index in [0.717, 1.165) is 0 Å². The third-order valence-corrected chi connectivity index (χ3v) is 3.18. The molecular formula is C15H23FN2O2. The summed E-state index contributed by atoms with van der Waals surface area (Å²) in [5.74, 6) is -0.494. The van der Waals surface area contributed by atoms with E-state index in [-0.39, 0.29) is 23.7 Å². The largest absolute Gasteiger partial charge is 0.388 e. The van der Waals surface area contributed by atoms with Gasteiger partial charge in [-0.1, -0.05) is 19.1 Å². The fraction of sp³-hybridized carbons (Fsp3) is 0.533. The monoisotopic (exact) mass is 282 g/mol. The first-order chi connectivity index (χ1) is 9.43. The molecule has 0 aliphatic rings. The van der Waals surface area contributed by atoms with Gasteiger partial charge in [0.2, 0.25) is 5.91 Å². The quantitative estimate of drug-likeness (QED) is 0.712. The fourth-order valence-electron chi connectivity index (χ4n) is 2.00. The van der Waals surface area contributed by atoms with E-state index >= 15 is 0 Å². The van der Waals surface area contributed by atoms with Gasteiger partial charge in [0.1, 0.15) is 5.82 Å². The predicted molar refractivity (Wildman–Crippen MR) is 76.7 cm³/mol. The van der Waals surface area contributed by atoms with Crippen molar-refractivity contribution in [2.24, 2.45) is 5.92 Å². The normalized spacial score (nSPS) is 15.4. The summed E-state index contributed by atoms with van der Waals surface area (Å²) in [7, 11) is 1.80. The summed E-state index contributed by atoms with van der Waals surface area (Å²) >= 11 is 0. The van der Waals surface area contributed by atoms with Crippen LogP contribution in [0.4, 0.5) is 4.39 Å². The average molecular weight is 282 g/mol. The van der Waals surface area contributed by atoms with Gasteiger partial charge in [-0.3, -0.25) is 4.79 Å². The van der Waals surface area contributed by atoms with E-state index in [1.165, 1.54) is 12.1 Å². The number of nitrogens with one attached hydrogen (secondary N) is 2. The highest BCUT2D eigenvalue weighted by atomic mass is 19.1. The van der Waals surface area contributed by atoms with Gasteiger partial charge in [0.05, 0.1) is 6.10 Å². The number of aliphatic hydroxyl groups excluding tert-OH is 1. The molecule has 0 spiro atoms. The molecule has 0 fully saturated rings. The number of carbonyl (C=O) groups is 1. The van der Waals surface area contributed by atoms with E-state index in [2.05, 4.69) is 10.6 Å². The fourth-order valence-corrected chi connectivity index (χ4v) is 2.00.